The Hall–Kier alpha value is -0.950. The lowest BCUT2D eigenvalue weighted by Crippen LogP contribution is -1.79. The zero-order valence-electron chi connectivity index (χ0n) is 12.1. The Morgan fingerprint density at radius 3 is 2.42 bits per heavy atom. The third-order valence-electron chi connectivity index (χ3n) is 3.08. The minimum absolute atomic E-state index is 1.17. The van der Waals surface area contributed by atoms with Gasteiger partial charge in [-0.25, -0.2) is 0 Å². The molecule has 0 N–H and O–H groups in total. The van der Waals surface area contributed by atoms with Gasteiger partial charge in [0.2, 0.25) is 0 Å². The Morgan fingerprint density at radius 2 is 1.74 bits per heavy atom. The molecule has 0 aliphatic heterocycles. The molecule has 0 saturated heterocycles. The van der Waals surface area contributed by atoms with E-state index >= 15 is 0 Å². The molecule has 104 valence electrons. The molecule has 1 aromatic rings. The van der Waals surface area contributed by atoms with Crippen LogP contribution in [0.15, 0.2) is 58.9 Å². The van der Waals surface area contributed by atoms with E-state index in [0.717, 1.165) is 0 Å². The summed E-state index contributed by atoms with van der Waals surface area (Å²) in [5.41, 5.74) is 0. The van der Waals surface area contributed by atoms with E-state index in [1.165, 1.54) is 54.7 Å². The zero-order chi connectivity index (χ0) is 13.8. The Bertz CT molecular complexity index is 365. The summed E-state index contributed by atoms with van der Waals surface area (Å²) in [6.45, 7) is 6.17. The zero-order valence-corrected chi connectivity index (χ0v) is 12.9. The standard InChI is InChI=1S/C18H26S/c1-3-5-6-7-8-9-11-14-17(4-2)19-18-15-12-10-13-16-18/h4,10,12-16H,2-3,5-9,11H2,1H3/b17-14-. The summed E-state index contributed by atoms with van der Waals surface area (Å²) in [6.07, 6.45) is 13.6. The van der Waals surface area contributed by atoms with Crippen LogP contribution in [0.2, 0.25) is 0 Å². The molecule has 0 radical (unpaired) electrons. The predicted octanol–water partition coefficient (Wildman–Crippen LogP) is 6.60. The molecule has 1 heteroatoms. The minimum atomic E-state index is 1.17. The van der Waals surface area contributed by atoms with Gasteiger partial charge < -0.3 is 0 Å². The number of hydrogen-bond donors (Lipinski definition) is 0. The van der Waals surface area contributed by atoms with Crippen molar-refractivity contribution in [1.29, 1.82) is 0 Å². The van der Waals surface area contributed by atoms with Crippen molar-refractivity contribution in [2.24, 2.45) is 0 Å². The van der Waals surface area contributed by atoms with Crippen LogP contribution in [0, 0.1) is 0 Å². The third-order valence-corrected chi connectivity index (χ3v) is 4.16. The number of unbranched alkanes of at least 4 members (excludes halogenated alkanes) is 6. The van der Waals surface area contributed by atoms with Crippen molar-refractivity contribution in [2.75, 3.05) is 0 Å². The summed E-state index contributed by atoms with van der Waals surface area (Å²) in [7, 11) is 0. The van der Waals surface area contributed by atoms with Crippen molar-refractivity contribution in [1.82, 2.24) is 0 Å². The Kier molecular flexibility index (Phi) is 9.26. The van der Waals surface area contributed by atoms with Gasteiger partial charge in [0.05, 0.1) is 0 Å². The molecule has 0 aliphatic carbocycles. The van der Waals surface area contributed by atoms with Crippen molar-refractivity contribution in [3.8, 4) is 0 Å². The Balaban J connectivity index is 2.23. The van der Waals surface area contributed by atoms with Crippen LogP contribution in [0.4, 0.5) is 0 Å². The second-order valence-corrected chi connectivity index (χ2v) is 5.93. The van der Waals surface area contributed by atoms with Gasteiger partial charge in [0, 0.05) is 9.80 Å². The van der Waals surface area contributed by atoms with Gasteiger partial charge in [-0.1, -0.05) is 87.7 Å². The van der Waals surface area contributed by atoms with E-state index in [1.807, 2.05) is 6.08 Å². The van der Waals surface area contributed by atoms with Crippen LogP contribution in [0.25, 0.3) is 0 Å². The highest BCUT2D eigenvalue weighted by molar-refractivity contribution is 8.03. The number of thioether (sulfide) groups is 1. The first-order chi connectivity index (χ1) is 9.36. The van der Waals surface area contributed by atoms with Crippen LogP contribution in [0.5, 0.6) is 0 Å². The van der Waals surface area contributed by atoms with Gasteiger partial charge in [-0.05, 0) is 25.0 Å². The molecule has 0 amide bonds. The monoisotopic (exact) mass is 274 g/mol. The largest absolute Gasteiger partial charge is 0.0980 e. The summed E-state index contributed by atoms with van der Waals surface area (Å²) in [6, 6.07) is 10.5. The molecule has 1 aromatic carbocycles. The lowest BCUT2D eigenvalue weighted by atomic mass is 10.1. The molecule has 0 spiro atoms. The minimum Gasteiger partial charge on any atom is -0.0980 e. The first-order valence-corrected chi connectivity index (χ1v) is 8.24. The molecule has 0 aromatic heterocycles. The molecule has 0 aliphatic rings. The van der Waals surface area contributed by atoms with Gasteiger partial charge in [-0.15, -0.1) is 0 Å². The van der Waals surface area contributed by atoms with E-state index in [0.29, 0.717) is 0 Å². The topological polar surface area (TPSA) is 0 Å². The van der Waals surface area contributed by atoms with Crippen LogP contribution >= 0.6 is 11.8 Å². The molecular weight excluding hydrogens is 248 g/mol. The number of hydrogen-bond acceptors (Lipinski definition) is 1. The molecule has 0 heterocycles. The van der Waals surface area contributed by atoms with Gasteiger partial charge in [0.15, 0.2) is 0 Å². The number of benzene rings is 1. The lowest BCUT2D eigenvalue weighted by Gasteiger charge is -2.03. The maximum atomic E-state index is 3.91. The highest BCUT2D eigenvalue weighted by atomic mass is 32.2. The van der Waals surface area contributed by atoms with Crippen LogP contribution in [-0.2, 0) is 0 Å². The molecule has 0 saturated carbocycles. The van der Waals surface area contributed by atoms with Crippen LogP contribution in [-0.4, -0.2) is 0 Å². The van der Waals surface area contributed by atoms with Crippen LogP contribution in [0.1, 0.15) is 51.9 Å². The lowest BCUT2D eigenvalue weighted by molar-refractivity contribution is 0.611. The number of allylic oxidation sites excluding steroid dienone is 2. The summed E-state index contributed by atoms with van der Waals surface area (Å²) in [5, 5.41) is 0. The van der Waals surface area contributed by atoms with E-state index in [2.05, 4.69) is 49.9 Å². The molecule has 0 nitrogen and oxygen atoms in total. The van der Waals surface area contributed by atoms with Gasteiger partial charge in [0.1, 0.15) is 0 Å². The summed E-state index contributed by atoms with van der Waals surface area (Å²) in [4.78, 5) is 2.57. The van der Waals surface area contributed by atoms with E-state index in [4.69, 9.17) is 0 Å². The fraction of sp³-hybridized carbons (Fsp3) is 0.444. The maximum absolute atomic E-state index is 3.91. The molecule has 0 fully saturated rings. The molecule has 19 heavy (non-hydrogen) atoms. The third kappa shape index (κ3) is 7.94. The highest BCUT2D eigenvalue weighted by Crippen LogP contribution is 2.27. The van der Waals surface area contributed by atoms with Gasteiger partial charge >= 0.3 is 0 Å². The van der Waals surface area contributed by atoms with E-state index < -0.39 is 0 Å². The summed E-state index contributed by atoms with van der Waals surface area (Å²) < 4.78 is 0. The first kappa shape index (κ1) is 16.1. The second-order valence-electron chi connectivity index (χ2n) is 4.78. The van der Waals surface area contributed by atoms with Gasteiger partial charge in [-0.2, -0.15) is 0 Å². The van der Waals surface area contributed by atoms with Crippen molar-refractivity contribution in [2.45, 2.75) is 56.8 Å². The molecule has 0 unspecified atom stereocenters. The molecule has 1 rings (SSSR count). The van der Waals surface area contributed by atoms with Crippen molar-refractivity contribution in [3.63, 3.8) is 0 Å². The van der Waals surface area contributed by atoms with Crippen molar-refractivity contribution < 1.29 is 0 Å². The Morgan fingerprint density at radius 1 is 1.05 bits per heavy atom. The van der Waals surface area contributed by atoms with Crippen molar-refractivity contribution in [3.05, 3.63) is 54.0 Å². The Labute approximate surface area is 123 Å². The van der Waals surface area contributed by atoms with Crippen molar-refractivity contribution >= 4 is 11.8 Å². The van der Waals surface area contributed by atoms with Gasteiger partial charge in [-0.3, -0.25) is 0 Å². The van der Waals surface area contributed by atoms with E-state index in [1.54, 1.807) is 11.8 Å². The predicted molar refractivity (Wildman–Crippen MR) is 88.6 cm³/mol. The smallest absolute Gasteiger partial charge is 0.0122 e. The van der Waals surface area contributed by atoms with Crippen LogP contribution < -0.4 is 0 Å². The van der Waals surface area contributed by atoms with Gasteiger partial charge in [0.25, 0.3) is 0 Å². The highest BCUT2D eigenvalue weighted by Gasteiger charge is 1.96. The van der Waals surface area contributed by atoms with Crippen LogP contribution in [0.3, 0.4) is 0 Å². The maximum Gasteiger partial charge on any atom is 0.0122 e. The fourth-order valence-electron chi connectivity index (χ4n) is 1.96. The van der Waals surface area contributed by atoms with E-state index in [-0.39, 0.29) is 0 Å². The first-order valence-electron chi connectivity index (χ1n) is 7.42. The average Bonchev–Trinajstić information content (AvgIpc) is 2.46. The number of rotatable bonds is 10. The summed E-state index contributed by atoms with van der Waals surface area (Å²) in [5.74, 6) is 0. The fourth-order valence-corrected chi connectivity index (χ4v) is 2.81. The normalized spacial score (nSPS) is 11.5. The second kappa shape index (κ2) is 10.9. The SMILES string of the molecule is C=C/C(=C/CCCCCCCC)Sc1ccccc1. The quantitative estimate of drug-likeness (QED) is 0.263. The summed E-state index contributed by atoms with van der Waals surface area (Å²) >= 11 is 1.80. The molecule has 0 atom stereocenters. The molecule has 0 bridgehead atoms. The van der Waals surface area contributed by atoms with E-state index in [9.17, 15) is 0 Å². The average molecular weight is 274 g/mol. The molecular formula is C18H26S.